The van der Waals surface area contributed by atoms with Crippen LogP contribution in [0.1, 0.15) is 45.1 Å². The number of rotatable bonds is 4. The van der Waals surface area contributed by atoms with Gasteiger partial charge < -0.3 is 10.1 Å². The van der Waals surface area contributed by atoms with Crippen molar-refractivity contribution in [1.29, 1.82) is 0 Å². The molecule has 2 heteroatoms. The molecule has 1 aliphatic heterocycles. The van der Waals surface area contributed by atoms with Gasteiger partial charge in [-0.05, 0) is 44.4 Å². The Morgan fingerprint density at radius 1 is 1.24 bits per heavy atom. The smallest absolute Gasteiger partial charge is 0.119 e. The molecule has 1 saturated heterocycles. The van der Waals surface area contributed by atoms with Gasteiger partial charge in [-0.2, -0.15) is 0 Å². The summed E-state index contributed by atoms with van der Waals surface area (Å²) < 4.78 is 5.48. The van der Waals surface area contributed by atoms with Crippen LogP contribution in [0.3, 0.4) is 0 Å². The van der Waals surface area contributed by atoms with E-state index in [-0.39, 0.29) is 0 Å². The maximum atomic E-state index is 5.48. The molecule has 3 unspecified atom stereocenters. The zero-order valence-electron chi connectivity index (χ0n) is 11.1. The second-order valence-corrected chi connectivity index (χ2v) is 4.93. The van der Waals surface area contributed by atoms with Gasteiger partial charge in [0.15, 0.2) is 0 Å². The lowest BCUT2D eigenvalue weighted by Crippen LogP contribution is -2.28. The highest BCUT2D eigenvalue weighted by Gasteiger charge is 2.30. The van der Waals surface area contributed by atoms with E-state index in [1.54, 1.807) is 0 Å². The predicted molar refractivity (Wildman–Crippen MR) is 71.6 cm³/mol. The van der Waals surface area contributed by atoms with Crippen LogP contribution in [0.25, 0.3) is 0 Å². The number of nitrogens with one attached hydrogen (secondary N) is 1. The first-order valence-corrected chi connectivity index (χ1v) is 6.73. The Labute approximate surface area is 104 Å². The van der Waals surface area contributed by atoms with E-state index in [1.807, 2.05) is 6.92 Å². The molecule has 0 radical (unpaired) electrons. The Kier molecular flexibility index (Phi) is 4.06. The highest BCUT2D eigenvalue weighted by Crippen LogP contribution is 2.33. The van der Waals surface area contributed by atoms with Crippen LogP contribution in [0, 0.1) is 0 Å². The van der Waals surface area contributed by atoms with E-state index < -0.39 is 0 Å². The van der Waals surface area contributed by atoms with Crippen LogP contribution in [0.2, 0.25) is 0 Å². The normalized spacial score (nSPS) is 28.3. The molecule has 0 saturated carbocycles. The van der Waals surface area contributed by atoms with E-state index in [0.717, 1.165) is 12.4 Å². The third-order valence-electron chi connectivity index (χ3n) is 3.65. The summed E-state index contributed by atoms with van der Waals surface area (Å²) in [7, 11) is 0. The second kappa shape index (κ2) is 5.54. The molecular formula is C15H23NO. The molecule has 1 N–H and O–H groups in total. The van der Waals surface area contributed by atoms with Gasteiger partial charge in [-0.3, -0.25) is 0 Å². The maximum Gasteiger partial charge on any atom is 0.119 e. The number of ether oxygens (including phenoxy) is 1. The molecule has 2 nitrogen and oxygen atoms in total. The second-order valence-electron chi connectivity index (χ2n) is 4.93. The van der Waals surface area contributed by atoms with Crippen molar-refractivity contribution in [2.75, 3.05) is 6.61 Å². The molecule has 0 aliphatic carbocycles. The maximum absolute atomic E-state index is 5.48. The van der Waals surface area contributed by atoms with Gasteiger partial charge in [0.05, 0.1) is 6.61 Å². The van der Waals surface area contributed by atoms with Gasteiger partial charge in [0, 0.05) is 18.0 Å². The summed E-state index contributed by atoms with van der Waals surface area (Å²) in [5.74, 6) is 1.63. The summed E-state index contributed by atoms with van der Waals surface area (Å²) in [4.78, 5) is 0. The zero-order chi connectivity index (χ0) is 12.3. The SMILES string of the molecule is CCOc1ccc(C2CC(C)NC2CC)cc1. The molecule has 2 rings (SSSR count). The largest absolute Gasteiger partial charge is 0.494 e. The molecule has 1 aromatic rings. The van der Waals surface area contributed by atoms with Crippen molar-refractivity contribution in [2.45, 2.75) is 51.6 Å². The minimum Gasteiger partial charge on any atom is -0.494 e. The fourth-order valence-electron chi connectivity index (χ4n) is 2.84. The van der Waals surface area contributed by atoms with Crippen molar-refractivity contribution in [3.05, 3.63) is 29.8 Å². The van der Waals surface area contributed by atoms with Crippen LogP contribution in [-0.4, -0.2) is 18.7 Å². The van der Waals surface area contributed by atoms with Gasteiger partial charge in [-0.25, -0.2) is 0 Å². The fraction of sp³-hybridized carbons (Fsp3) is 0.600. The molecule has 1 heterocycles. The Morgan fingerprint density at radius 3 is 2.53 bits per heavy atom. The van der Waals surface area contributed by atoms with E-state index in [2.05, 4.69) is 43.4 Å². The topological polar surface area (TPSA) is 21.3 Å². The molecule has 1 aliphatic rings. The molecule has 0 bridgehead atoms. The van der Waals surface area contributed by atoms with Crippen LogP contribution >= 0.6 is 0 Å². The molecular weight excluding hydrogens is 210 g/mol. The van der Waals surface area contributed by atoms with Gasteiger partial charge in [0.1, 0.15) is 5.75 Å². The molecule has 1 aromatic carbocycles. The molecule has 17 heavy (non-hydrogen) atoms. The number of benzene rings is 1. The average molecular weight is 233 g/mol. The van der Waals surface area contributed by atoms with Crippen molar-refractivity contribution in [3.63, 3.8) is 0 Å². The molecule has 0 spiro atoms. The first-order valence-electron chi connectivity index (χ1n) is 6.73. The third kappa shape index (κ3) is 2.81. The Bertz CT molecular complexity index is 346. The summed E-state index contributed by atoms with van der Waals surface area (Å²) >= 11 is 0. The minimum atomic E-state index is 0.628. The Morgan fingerprint density at radius 2 is 1.94 bits per heavy atom. The van der Waals surface area contributed by atoms with E-state index >= 15 is 0 Å². The van der Waals surface area contributed by atoms with E-state index in [0.29, 0.717) is 18.0 Å². The monoisotopic (exact) mass is 233 g/mol. The van der Waals surface area contributed by atoms with Gasteiger partial charge in [-0.15, -0.1) is 0 Å². The van der Waals surface area contributed by atoms with Crippen LogP contribution in [0.15, 0.2) is 24.3 Å². The number of hydrogen-bond donors (Lipinski definition) is 1. The first kappa shape index (κ1) is 12.4. The summed E-state index contributed by atoms with van der Waals surface area (Å²) in [5.41, 5.74) is 1.44. The predicted octanol–water partition coefficient (Wildman–Crippen LogP) is 3.33. The Balaban J connectivity index is 2.11. The van der Waals surface area contributed by atoms with Crippen LogP contribution in [0.4, 0.5) is 0 Å². The van der Waals surface area contributed by atoms with Gasteiger partial charge in [-0.1, -0.05) is 19.1 Å². The van der Waals surface area contributed by atoms with E-state index in [1.165, 1.54) is 18.4 Å². The van der Waals surface area contributed by atoms with E-state index in [4.69, 9.17) is 4.74 Å². The Hall–Kier alpha value is -1.02. The van der Waals surface area contributed by atoms with Crippen molar-refractivity contribution in [2.24, 2.45) is 0 Å². The van der Waals surface area contributed by atoms with E-state index in [9.17, 15) is 0 Å². The van der Waals surface area contributed by atoms with Crippen molar-refractivity contribution < 1.29 is 4.74 Å². The van der Waals surface area contributed by atoms with Crippen molar-refractivity contribution in [3.8, 4) is 5.75 Å². The summed E-state index contributed by atoms with van der Waals surface area (Å²) in [6.45, 7) is 7.29. The lowest BCUT2D eigenvalue weighted by atomic mass is 9.90. The average Bonchev–Trinajstić information content (AvgIpc) is 2.72. The molecule has 0 aromatic heterocycles. The molecule has 94 valence electrons. The third-order valence-corrected chi connectivity index (χ3v) is 3.65. The summed E-state index contributed by atoms with van der Waals surface area (Å²) in [5, 5.41) is 3.66. The van der Waals surface area contributed by atoms with Crippen LogP contribution in [0.5, 0.6) is 5.75 Å². The van der Waals surface area contributed by atoms with Crippen LogP contribution < -0.4 is 10.1 Å². The highest BCUT2D eigenvalue weighted by atomic mass is 16.5. The lowest BCUT2D eigenvalue weighted by Gasteiger charge is -2.18. The first-order chi connectivity index (χ1) is 8.24. The summed E-state index contributed by atoms with van der Waals surface area (Å²) in [6.07, 6.45) is 2.44. The highest BCUT2D eigenvalue weighted by molar-refractivity contribution is 5.31. The lowest BCUT2D eigenvalue weighted by molar-refractivity contribution is 0.340. The number of hydrogen-bond acceptors (Lipinski definition) is 2. The van der Waals surface area contributed by atoms with Gasteiger partial charge >= 0.3 is 0 Å². The van der Waals surface area contributed by atoms with Crippen molar-refractivity contribution >= 4 is 0 Å². The minimum absolute atomic E-state index is 0.628. The molecule has 1 fully saturated rings. The van der Waals surface area contributed by atoms with Crippen LogP contribution in [-0.2, 0) is 0 Å². The standard InChI is InChI=1S/C15H23NO/c1-4-15-14(10-11(3)16-15)12-6-8-13(9-7-12)17-5-2/h6-9,11,14-16H,4-5,10H2,1-3H3. The summed E-state index contributed by atoms with van der Waals surface area (Å²) in [6, 6.07) is 9.89. The van der Waals surface area contributed by atoms with Crippen molar-refractivity contribution in [1.82, 2.24) is 5.32 Å². The quantitative estimate of drug-likeness (QED) is 0.861. The van der Waals surface area contributed by atoms with Gasteiger partial charge in [0.25, 0.3) is 0 Å². The zero-order valence-corrected chi connectivity index (χ0v) is 11.1. The molecule has 0 amide bonds. The van der Waals surface area contributed by atoms with Gasteiger partial charge in [0.2, 0.25) is 0 Å². The fourth-order valence-corrected chi connectivity index (χ4v) is 2.84. The molecule has 3 atom stereocenters.